The Hall–Kier alpha value is 0.436. The van der Waals surface area contributed by atoms with Gasteiger partial charge >= 0.3 is 57.4 Å². The average molecular weight is 226 g/mol. The van der Waals surface area contributed by atoms with E-state index in [2.05, 4.69) is 0 Å². The molecule has 0 aromatic heterocycles. The molecular formula is C7H7KO4S. The summed E-state index contributed by atoms with van der Waals surface area (Å²) in [7, 11) is 0. The van der Waals surface area contributed by atoms with E-state index in [1.54, 1.807) is 0 Å². The molecule has 6 heteroatoms. The summed E-state index contributed by atoms with van der Waals surface area (Å²) in [4.78, 5) is 10.5. The van der Waals surface area contributed by atoms with E-state index >= 15 is 0 Å². The van der Waals surface area contributed by atoms with Crippen molar-refractivity contribution in [1.82, 2.24) is 0 Å². The van der Waals surface area contributed by atoms with Crippen molar-refractivity contribution in [2.24, 2.45) is 0 Å². The summed E-state index contributed by atoms with van der Waals surface area (Å²) in [5.41, 5.74) is 0.101. The van der Waals surface area contributed by atoms with Crippen molar-refractivity contribution < 1.29 is 71.5 Å². The SMILES string of the molecule is O=C(O)c1ccc(S(=O)O)cc1.[H-].[K+]. The summed E-state index contributed by atoms with van der Waals surface area (Å²) < 4.78 is 19.0. The second kappa shape index (κ2) is 6.02. The summed E-state index contributed by atoms with van der Waals surface area (Å²) in [6.45, 7) is 0. The van der Waals surface area contributed by atoms with Gasteiger partial charge in [0.2, 0.25) is 0 Å². The third-order valence-corrected chi connectivity index (χ3v) is 1.98. The smallest absolute Gasteiger partial charge is 1.00 e. The van der Waals surface area contributed by atoms with Crippen molar-refractivity contribution in [3.8, 4) is 0 Å². The third kappa shape index (κ3) is 3.99. The van der Waals surface area contributed by atoms with Crippen LogP contribution in [0.25, 0.3) is 0 Å². The summed E-state index contributed by atoms with van der Waals surface area (Å²) >= 11 is -2.04. The Balaban J connectivity index is 0. The van der Waals surface area contributed by atoms with Crippen molar-refractivity contribution in [3.05, 3.63) is 29.8 Å². The van der Waals surface area contributed by atoms with Crippen molar-refractivity contribution in [3.63, 3.8) is 0 Å². The van der Waals surface area contributed by atoms with Gasteiger partial charge < -0.3 is 11.1 Å². The predicted molar refractivity (Wildman–Crippen MR) is 43.6 cm³/mol. The molecule has 0 spiro atoms. The molecule has 2 N–H and O–H groups in total. The fourth-order valence-corrected chi connectivity index (χ4v) is 1.08. The monoisotopic (exact) mass is 226 g/mol. The molecule has 1 aromatic rings. The number of carboxylic acids is 1. The van der Waals surface area contributed by atoms with Crippen molar-refractivity contribution >= 4 is 17.0 Å². The zero-order valence-electron chi connectivity index (χ0n) is 7.93. The van der Waals surface area contributed by atoms with Crippen molar-refractivity contribution in [2.45, 2.75) is 4.90 Å². The van der Waals surface area contributed by atoms with Gasteiger partial charge in [-0.15, -0.1) is 0 Å². The van der Waals surface area contributed by atoms with E-state index < -0.39 is 17.0 Å². The quantitative estimate of drug-likeness (QED) is 0.455. The fourth-order valence-electron chi connectivity index (χ4n) is 0.714. The van der Waals surface area contributed by atoms with Crippen LogP contribution in [-0.4, -0.2) is 19.8 Å². The molecule has 0 aliphatic heterocycles. The van der Waals surface area contributed by atoms with Crippen LogP contribution >= 0.6 is 0 Å². The van der Waals surface area contributed by atoms with Crippen molar-refractivity contribution in [2.75, 3.05) is 0 Å². The first-order valence-corrected chi connectivity index (χ1v) is 4.16. The first-order valence-electron chi connectivity index (χ1n) is 3.05. The van der Waals surface area contributed by atoms with Gasteiger partial charge in [0.05, 0.1) is 10.5 Å². The van der Waals surface area contributed by atoms with Crippen LogP contribution < -0.4 is 51.4 Å². The van der Waals surface area contributed by atoms with Gasteiger partial charge in [-0.2, -0.15) is 0 Å². The minimum absolute atomic E-state index is 0. The zero-order chi connectivity index (χ0) is 9.14. The fraction of sp³-hybridized carbons (Fsp3) is 0. The van der Waals surface area contributed by atoms with Crippen LogP contribution in [0.5, 0.6) is 0 Å². The Labute approximate surface area is 122 Å². The number of hydrogen-bond donors (Lipinski definition) is 2. The van der Waals surface area contributed by atoms with Gasteiger partial charge in [0.25, 0.3) is 0 Å². The van der Waals surface area contributed by atoms with Gasteiger partial charge in [-0.05, 0) is 24.3 Å². The molecule has 0 aliphatic carbocycles. The maximum atomic E-state index is 10.4. The molecule has 1 unspecified atom stereocenters. The molecule has 4 nitrogen and oxygen atoms in total. The Bertz CT molecular complexity index is 294. The van der Waals surface area contributed by atoms with E-state index in [1.165, 1.54) is 24.3 Å². The van der Waals surface area contributed by atoms with Gasteiger partial charge in [0, 0.05) is 0 Å². The standard InChI is InChI=1S/C7H6O4S.K.H/c8-7(9)5-1-3-6(4-2-5)12(10)11;;/h1-4H,(H,8,9)(H,10,11);;/q;+1;-1. The van der Waals surface area contributed by atoms with E-state index in [1.807, 2.05) is 0 Å². The molecule has 0 heterocycles. The van der Waals surface area contributed by atoms with Gasteiger partial charge in [-0.25, -0.2) is 9.00 Å². The maximum absolute atomic E-state index is 10.4. The van der Waals surface area contributed by atoms with Gasteiger partial charge in [-0.1, -0.05) is 0 Å². The van der Waals surface area contributed by atoms with E-state index in [0.29, 0.717) is 0 Å². The molecule has 0 fully saturated rings. The second-order valence-corrected chi connectivity index (χ2v) is 3.05. The molecule has 66 valence electrons. The van der Waals surface area contributed by atoms with E-state index in [9.17, 15) is 9.00 Å². The molecule has 0 saturated heterocycles. The molecule has 0 saturated carbocycles. The largest absolute Gasteiger partial charge is 1.00 e. The van der Waals surface area contributed by atoms with Crippen LogP contribution in [0.2, 0.25) is 0 Å². The third-order valence-electron chi connectivity index (χ3n) is 1.30. The van der Waals surface area contributed by atoms with Crippen LogP contribution in [-0.2, 0) is 11.1 Å². The van der Waals surface area contributed by atoms with E-state index in [0.717, 1.165) is 0 Å². The molecule has 0 aliphatic rings. The topological polar surface area (TPSA) is 74.6 Å². The number of aromatic carboxylic acids is 1. The zero-order valence-corrected chi connectivity index (χ0v) is 10.9. The Kier molecular flexibility index (Phi) is 6.22. The number of carbonyl (C=O) groups is 1. The average Bonchev–Trinajstić information content (AvgIpc) is 2.04. The molecule has 1 atom stereocenters. The van der Waals surface area contributed by atoms with Gasteiger partial charge in [-0.3, -0.25) is 0 Å². The summed E-state index contributed by atoms with van der Waals surface area (Å²) in [5, 5.41) is 8.48. The molecule has 1 rings (SSSR count). The van der Waals surface area contributed by atoms with Crippen LogP contribution in [0.15, 0.2) is 29.2 Å². The first-order chi connectivity index (χ1) is 5.61. The molecule has 0 amide bonds. The van der Waals surface area contributed by atoms with Crippen LogP contribution in [0.4, 0.5) is 0 Å². The second-order valence-electron chi connectivity index (χ2n) is 2.08. The number of hydrogen-bond acceptors (Lipinski definition) is 2. The summed E-state index contributed by atoms with van der Waals surface area (Å²) in [6.07, 6.45) is 0. The predicted octanol–water partition coefficient (Wildman–Crippen LogP) is -1.92. The Morgan fingerprint density at radius 1 is 1.31 bits per heavy atom. The van der Waals surface area contributed by atoms with Crippen LogP contribution in [0.3, 0.4) is 0 Å². The van der Waals surface area contributed by atoms with E-state index in [-0.39, 0.29) is 63.3 Å². The molecule has 1 aromatic carbocycles. The number of carboxylic acid groups (broad SMARTS) is 1. The number of rotatable bonds is 2. The first kappa shape index (κ1) is 13.4. The normalized spacial score (nSPS) is 11.5. The molecule has 0 bridgehead atoms. The molecule has 0 radical (unpaired) electrons. The van der Waals surface area contributed by atoms with E-state index in [4.69, 9.17) is 9.66 Å². The minimum Gasteiger partial charge on any atom is -1.00 e. The number of benzene rings is 1. The van der Waals surface area contributed by atoms with Gasteiger partial charge in [0.15, 0.2) is 11.1 Å². The summed E-state index contributed by atoms with van der Waals surface area (Å²) in [6, 6.07) is 5.18. The molecule has 13 heavy (non-hydrogen) atoms. The summed E-state index contributed by atoms with van der Waals surface area (Å²) in [5.74, 6) is -1.05. The Morgan fingerprint density at radius 3 is 2.08 bits per heavy atom. The Morgan fingerprint density at radius 2 is 1.77 bits per heavy atom. The van der Waals surface area contributed by atoms with Gasteiger partial charge in [0.1, 0.15) is 0 Å². The van der Waals surface area contributed by atoms with Crippen LogP contribution in [0.1, 0.15) is 11.8 Å². The molecular weight excluding hydrogens is 219 g/mol. The van der Waals surface area contributed by atoms with Crippen molar-refractivity contribution in [1.29, 1.82) is 0 Å². The minimum atomic E-state index is -2.04. The van der Waals surface area contributed by atoms with Crippen LogP contribution in [0, 0.1) is 0 Å². The maximum Gasteiger partial charge on any atom is 1.00 e.